The first-order valence-electron chi connectivity index (χ1n) is 9.78. The van der Waals surface area contributed by atoms with Gasteiger partial charge >= 0.3 is 11.6 Å². The summed E-state index contributed by atoms with van der Waals surface area (Å²) in [5.41, 5.74) is -2.12. The molecule has 182 valence electrons. The van der Waals surface area contributed by atoms with Gasteiger partial charge in [0.25, 0.3) is 5.56 Å². The van der Waals surface area contributed by atoms with Crippen LogP contribution in [0.5, 0.6) is 16.7 Å². The smallest absolute Gasteiger partial charge is 0.430 e. The van der Waals surface area contributed by atoms with E-state index in [1.165, 1.54) is 18.3 Å². The number of nitrogens with one attached hydrogen (secondary N) is 1. The number of halogens is 5. The molecule has 4 rings (SSSR count). The van der Waals surface area contributed by atoms with Gasteiger partial charge in [0.15, 0.2) is 5.67 Å². The molecule has 0 radical (unpaired) electrons. The largest absolute Gasteiger partial charge is 0.573 e. The molecular formula is C19H16ClF4N5O4S. The maximum Gasteiger partial charge on any atom is 0.573 e. The quantitative estimate of drug-likeness (QED) is 0.458. The van der Waals surface area contributed by atoms with Gasteiger partial charge in [-0.25, -0.2) is 4.39 Å². The van der Waals surface area contributed by atoms with Crippen LogP contribution in [-0.2, 0) is 4.74 Å². The molecule has 3 aromatic rings. The fourth-order valence-electron chi connectivity index (χ4n) is 3.04. The van der Waals surface area contributed by atoms with Gasteiger partial charge in [0.2, 0.25) is 5.13 Å². The van der Waals surface area contributed by atoms with E-state index >= 15 is 0 Å². The minimum Gasteiger partial charge on any atom is -0.430 e. The molecule has 1 N–H and O–H groups in total. The third-order valence-corrected chi connectivity index (χ3v) is 5.77. The van der Waals surface area contributed by atoms with Crippen LogP contribution >= 0.6 is 22.9 Å². The lowest BCUT2D eigenvalue weighted by atomic mass is 9.99. The van der Waals surface area contributed by atoms with Crippen LogP contribution in [0.3, 0.4) is 0 Å². The Morgan fingerprint density at radius 3 is 2.65 bits per heavy atom. The molecule has 2 aromatic heterocycles. The highest BCUT2D eigenvalue weighted by Gasteiger charge is 2.33. The van der Waals surface area contributed by atoms with Gasteiger partial charge in [-0.05, 0) is 48.4 Å². The van der Waals surface area contributed by atoms with Crippen LogP contribution in [0.4, 0.5) is 23.2 Å². The van der Waals surface area contributed by atoms with Gasteiger partial charge < -0.3 is 19.5 Å². The predicted octanol–water partition coefficient (Wildman–Crippen LogP) is 4.36. The van der Waals surface area contributed by atoms with Gasteiger partial charge in [0, 0.05) is 6.61 Å². The highest BCUT2D eigenvalue weighted by atomic mass is 35.5. The standard InChI is InChI=1S/C19H16ClF4N5O4S/c20-14-13(25-9-18(21)6-1-7-31-10-18)8-26-29(15(14)30)16-27-28-17(34-16)32-11-2-4-12(5-3-11)33-19(22,23)24/h2-5,8,25H,1,6-7,9-10H2. The molecule has 0 amide bonds. The lowest BCUT2D eigenvalue weighted by molar-refractivity contribution is -0.274. The Kier molecular flexibility index (Phi) is 6.91. The molecule has 15 heteroatoms. The molecule has 0 spiro atoms. The topological polar surface area (TPSA) is 100 Å². The summed E-state index contributed by atoms with van der Waals surface area (Å²) in [4.78, 5) is 12.6. The van der Waals surface area contributed by atoms with E-state index < -0.39 is 23.3 Å². The van der Waals surface area contributed by atoms with Crippen LogP contribution < -0.4 is 20.3 Å². The first kappa shape index (κ1) is 24.2. The molecule has 1 atom stereocenters. The van der Waals surface area contributed by atoms with Crippen molar-refractivity contribution in [1.29, 1.82) is 0 Å². The van der Waals surface area contributed by atoms with Crippen molar-refractivity contribution in [3.8, 4) is 21.8 Å². The van der Waals surface area contributed by atoms with Gasteiger partial charge in [-0.1, -0.05) is 16.7 Å². The minimum absolute atomic E-state index is 0.00295. The average Bonchev–Trinajstić information content (AvgIpc) is 3.24. The summed E-state index contributed by atoms with van der Waals surface area (Å²) in [7, 11) is 0. The molecule has 0 bridgehead atoms. The Morgan fingerprint density at radius 1 is 1.24 bits per heavy atom. The minimum atomic E-state index is -4.80. The number of benzene rings is 1. The Labute approximate surface area is 198 Å². The van der Waals surface area contributed by atoms with Crippen molar-refractivity contribution in [2.24, 2.45) is 0 Å². The van der Waals surface area contributed by atoms with Crippen LogP contribution in [-0.4, -0.2) is 51.8 Å². The SMILES string of the molecule is O=c1c(Cl)c(NCC2(F)CCCOC2)cnn1-c1nnc(Oc2ccc(OC(F)(F)F)cc2)s1. The maximum atomic E-state index is 14.7. The van der Waals surface area contributed by atoms with E-state index in [4.69, 9.17) is 21.1 Å². The second-order valence-corrected chi connectivity index (χ2v) is 8.52. The molecular weight excluding hydrogens is 506 g/mol. The predicted molar refractivity (Wildman–Crippen MR) is 114 cm³/mol. The molecule has 1 saturated heterocycles. The van der Waals surface area contributed by atoms with Crippen molar-refractivity contribution in [3.63, 3.8) is 0 Å². The molecule has 1 aliphatic heterocycles. The number of hydrogen-bond donors (Lipinski definition) is 1. The normalized spacial score (nSPS) is 18.5. The monoisotopic (exact) mass is 521 g/mol. The van der Waals surface area contributed by atoms with Crippen LogP contribution in [0.1, 0.15) is 12.8 Å². The van der Waals surface area contributed by atoms with Gasteiger partial charge in [-0.3, -0.25) is 4.79 Å². The summed E-state index contributed by atoms with van der Waals surface area (Å²) in [6.07, 6.45) is -2.62. The van der Waals surface area contributed by atoms with Gasteiger partial charge in [0.05, 0.1) is 25.0 Å². The van der Waals surface area contributed by atoms with Crippen molar-refractivity contribution in [2.45, 2.75) is 24.9 Å². The third-order valence-electron chi connectivity index (χ3n) is 4.63. The van der Waals surface area contributed by atoms with Crippen LogP contribution in [0, 0.1) is 0 Å². The second kappa shape index (κ2) is 9.72. The zero-order valence-corrected chi connectivity index (χ0v) is 18.7. The highest BCUT2D eigenvalue weighted by Crippen LogP contribution is 2.30. The molecule has 0 aliphatic carbocycles. The zero-order valence-electron chi connectivity index (χ0n) is 17.1. The van der Waals surface area contributed by atoms with Crippen molar-refractivity contribution < 1.29 is 31.8 Å². The number of ether oxygens (including phenoxy) is 3. The number of nitrogens with zero attached hydrogens (tertiary/aromatic N) is 4. The molecule has 34 heavy (non-hydrogen) atoms. The number of alkyl halides is 4. The van der Waals surface area contributed by atoms with E-state index in [9.17, 15) is 22.4 Å². The first-order chi connectivity index (χ1) is 16.1. The molecule has 0 saturated carbocycles. The van der Waals surface area contributed by atoms with E-state index in [0.717, 1.165) is 28.2 Å². The summed E-state index contributed by atoms with van der Waals surface area (Å²) in [5, 5.41) is 14.2. The fraction of sp³-hybridized carbons (Fsp3) is 0.368. The van der Waals surface area contributed by atoms with Crippen molar-refractivity contribution >= 4 is 28.6 Å². The Bertz CT molecular complexity index is 1200. The number of aromatic nitrogens is 4. The van der Waals surface area contributed by atoms with E-state index in [1.807, 2.05) is 0 Å². The summed E-state index contributed by atoms with van der Waals surface area (Å²) in [5.74, 6) is -0.242. The van der Waals surface area contributed by atoms with Crippen LogP contribution in [0.25, 0.3) is 5.13 Å². The molecule has 1 unspecified atom stereocenters. The number of hydrogen-bond acceptors (Lipinski definition) is 9. The Morgan fingerprint density at radius 2 is 1.97 bits per heavy atom. The van der Waals surface area contributed by atoms with Crippen LogP contribution in [0.2, 0.25) is 5.02 Å². The lowest BCUT2D eigenvalue weighted by Crippen LogP contribution is -2.40. The fourth-order valence-corrected chi connectivity index (χ4v) is 3.91. The Hall–Kier alpha value is -2.97. The van der Waals surface area contributed by atoms with Crippen molar-refractivity contribution in [2.75, 3.05) is 25.1 Å². The summed E-state index contributed by atoms with van der Waals surface area (Å²) in [6.45, 7) is 0.366. The number of rotatable bonds is 7. The Balaban J connectivity index is 1.43. The lowest BCUT2D eigenvalue weighted by Gasteiger charge is -2.29. The van der Waals surface area contributed by atoms with E-state index in [2.05, 4.69) is 25.3 Å². The van der Waals surface area contributed by atoms with E-state index in [-0.39, 0.29) is 39.9 Å². The zero-order chi connectivity index (χ0) is 24.3. The summed E-state index contributed by atoms with van der Waals surface area (Å²) < 4.78 is 66.7. The van der Waals surface area contributed by atoms with E-state index in [0.29, 0.717) is 19.4 Å². The molecule has 3 heterocycles. The second-order valence-electron chi connectivity index (χ2n) is 7.22. The van der Waals surface area contributed by atoms with E-state index in [1.54, 1.807) is 0 Å². The van der Waals surface area contributed by atoms with Gasteiger partial charge in [0.1, 0.15) is 16.5 Å². The third kappa shape index (κ3) is 5.93. The number of anilines is 1. The molecule has 9 nitrogen and oxygen atoms in total. The highest BCUT2D eigenvalue weighted by molar-refractivity contribution is 7.15. The van der Waals surface area contributed by atoms with Gasteiger partial charge in [-0.2, -0.15) is 9.78 Å². The molecule has 1 aliphatic rings. The molecule has 1 aromatic carbocycles. The van der Waals surface area contributed by atoms with Crippen LogP contribution in [0.15, 0.2) is 35.3 Å². The summed E-state index contributed by atoms with van der Waals surface area (Å²) in [6, 6.07) is 4.64. The first-order valence-corrected chi connectivity index (χ1v) is 11.0. The van der Waals surface area contributed by atoms with Gasteiger partial charge in [-0.15, -0.1) is 18.3 Å². The van der Waals surface area contributed by atoms with Crippen molar-refractivity contribution in [1.82, 2.24) is 20.0 Å². The summed E-state index contributed by atoms with van der Waals surface area (Å²) >= 11 is 7.00. The average molecular weight is 522 g/mol. The van der Waals surface area contributed by atoms with Crippen molar-refractivity contribution in [3.05, 3.63) is 45.8 Å². The maximum absolute atomic E-state index is 14.7. The molecule has 1 fully saturated rings.